The Hall–Kier alpha value is -1.91. The van der Waals surface area contributed by atoms with Gasteiger partial charge in [0.15, 0.2) is 0 Å². The highest BCUT2D eigenvalue weighted by molar-refractivity contribution is 6.03. The van der Waals surface area contributed by atoms with Crippen molar-refractivity contribution >= 4 is 11.9 Å². The van der Waals surface area contributed by atoms with E-state index in [-0.39, 0.29) is 11.3 Å². The lowest BCUT2D eigenvalue weighted by Gasteiger charge is -2.07. The molecule has 2 N–H and O–H groups in total. The average Bonchev–Trinajstić information content (AvgIpc) is 2.45. The van der Waals surface area contributed by atoms with Gasteiger partial charge in [0.1, 0.15) is 5.69 Å². The Morgan fingerprint density at radius 2 is 1.95 bits per heavy atom. The number of carboxylic acids is 1. The van der Waals surface area contributed by atoms with Crippen LogP contribution in [-0.4, -0.2) is 28.5 Å². The van der Waals surface area contributed by atoms with Crippen LogP contribution < -0.4 is 5.32 Å². The Balaban J connectivity index is 2.30. The number of unbranched alkanes of at least 4 members (excludes halogenated alkanes) is 3. The number of carboxylic acid groups (broad SMARTS) is 1. The van der Waals surface area contributed by atoms with E-state index in [0.29, 0.717) is 6.54 Å². The Bertz CT molecular complexity index is 472. The third-order valence-electron chi connectivity index (χ3n) is 3.25. The minimum Gasteiger partial charge on any atom is -0.478 e. The van der Waals surface area contributed by atoms with E-state index in [0.717, 1.165) is 25.2 Å². The molecule has 0 atom stereocenters. The molecule has 1 aromatic rings. The van der Waals surface area contributed by atoms with Crippen LogP contribution >= 0.6 is 0 Å². The first-order valence-corrected chi connectivity index (χ1v) is 7.49. The van der Waals surface area contributed by atoms with Crippen molar-refractivity contribution in [3.05, 3.63) is 29.6 Å². The third-order valence-corrected chi connectivity index (χ3v) is 3.25. The largest absolute Gasteiger partial charge is 0.478 e. The van der Waals surface area contributed by atoms with Crippen LogP contribution in [0.2, 0.25) is 0 Å². The zero-order valence-corrected chi connectivity index (χ0v) is 12.8. The molecule has 116 valence electrons. The van der Waals surface area contributed by atoms with Crippen LogP contribution in [0, 0.1) is 5.92 Å². The van der Waals surface area contributed by atoms with Crippen LogP contribution in [0.4, 0.5) is 0 Å². The zero-order valence-electron chi connectivity index (χ0n) is 12.8. The van der Waals surface area contributed by atoms with Crippen LogP contribution in [0.25, 0.3) is 0 Å². The first-order chi connectivity index (χ1) is 10.0. The fraction of sp³-hybridized carbons (Fsp3) is 0.562. The van der Waals surface area contributed by atoms with Crippen molar-refractivity contribution in [1.29, 1.82) is 0 Å². The number of rotatable bonds is 9. The normalized spacial score (nSPS) is 10.6. The minimum atomic E-state index is -1.14. The highest BCUT2D eigenvalue weighted by Gasteiger charge is 2.16. The van der Waals surface area contributed by atoms with E-state index in [9.17, 15) is 9.59 Å². The number of carbonyl (C=O) groups is 2. The van der Waals surface area contributed by atoms with Gasteiger partial charge in [0.05, 0.1) is 5.56 Å². The maximum atomic E-state index is 11.9. The van der Waals surface area contributed by atoms with Crippen LogP contribution in [0.15, 0.2) is 18.3 Å². The smallest absolute Gasteiger partial charge is 0.338 e. The molecular formula is C16H24N2O3. The number of carbonyl (C=O) groups excluding carboxylic acids is 1. The van der Waals surface area contributed by atoms with Crippen LogP contribution in [-0.2, 0) is 0 Å². The highest BCUT2D eigenvalue weighted by Crippen LogP contribution is 2.09. The van der Waals surface area contributed by atoms with Crippen LogP contribution in [0.1, 0.15) is 66.8 Å². The summed E-state index contributed by atoms with van der Waals surface area (Å²) in [6, 6.07) is 2.89. The molecule has 21 heavy (non-hydrogen) atoms. The zero-order chi connectivity index (χ0) is 15.7. The van der Waals surface area contributed by atoms with Gasteiger partial charge in [-0.1, -0.05) is 39.5 Å². The van der Waals surface area contributed by atoms with E-state index in [2.05, 4.69) is 24.1 Å². The molecule has 0 aromatic carbocycles. The van der Waals surface area contributed by atoms with Gasteiger partial charge in [-0.3, -0.25) is 9.78 Å². The van der Waals surface area contributed by atoms with Gasteiger partial charge in [0.2, 0.25) is 0 Å². The summed E-state index contributed by atoms with van der Waals surface area (Å²) in [6.45, 7) is 4.98. The molecule has 0 fully saturated rings. The maximum absolute atomic E-state index is 11.9. The van der Waals surface area contributed by atoms with Gasteiger partial charge < -0.3 is 10.4 Å². The van der Waals surface area contributed by atoms with Gasteiger partial charge in [-0.2, -0.15) is 0 Å². The number of hydrogen-bond acceptors (Lipinski definition) is 3. The van der Waals surface area contributed by atoms with Gasteiger partial charge in [0.25, 0.3) is 5.91 Å². The van der Waals surface area contributed by atoms with Gasteiger partial charge in [-0.05, 0) is 24.5 Å². The molecule has 0 spiro atoms. The van der Waals surface area contributed by atoms with Gasteiger partial charge in [-0.25, -0.2) is 4.79 Å². The van der Waals surface area contributed by atoms with Gasteiger partial charge in [-0.15, -0.1) is 0 Å². The monoisotopic (exact) mass is 292 g/mol. The fourth-order valence-corrected chi connectivity index (χ4v) is 2.08. The molecule has 0 unspecified atom stereocenters. The van der Waals surface area contributed by atoms with Crippen molar-refractivity contribution in [2.24, 2.45) is 5.92 Å². The number of nitrogens with zero attached hydrogens (tertiary/aromatic N) is 1. The molecule has 1 rings (SSSR count). The standard InChI is InChI=1S/C16H24N2O3/c1-12(2)8-5-3-4-6-10-18-15(19)14-13(16(20)21)9-7-11-17-14/h7,9,11-12H,3-6,8,10H2,1-2H3,(H,18,19)(H,20,21). The molecule has 0 saturated carbocycles. The van der Waals surface area contributed by atoms with Crippen molar-refractivity contribution in [1.82, 2.24) is 10.3 Å². The molecule has 0 radical (unpaired) electrons. The van der Waals surface area contributed by atoms with E-state index >= 15 is 0 Å². The van der Waals surface area contributed by atoms with E-state index < -0.39 is 11.9 Å². The molecule has 1 amide bonds. The average molecular weight is 292 g/mol. The Morgan fingerprint density at radius 3 is 2.62 bits per heavy atom. The second-order valence-corrected chi connectivity index (χ2v) is 5.56. The summed E-state index contributed by atoms with van der Waals surface area (Å²) in [5.41, 5.74) is -0.0864. The fourth-order valence-electron chi connectivity index (χ4n) is 2.08. The second-order valence-electron chi connectivity index (χ2n) is 5.56. The molecule has 5 heteroatoms. The highest BCUT2D eigenvalue weighted by atomic mass is 16.4. The molecule has 1 heterocycles. The van der Waals surface area contributed by atoms with Crippen molar-refractivity contribution in [3.8, 4) is 0 Å². The first-order valence-electron chi connectivity index (χ1n) is 7.49. The quantitative estimate of drug-likeness (QED) is 0.685. The van der Waals surface area contributed by atoms with Crippen molar-refractivity contribution in [3.63, 3.8) is 0 Å². The summed E-state index contributed by atoms with van der Waals surface area (Å²) in [5.74, 6) is -0.819. The summed E-state index contributed by atoms with van der Waals surface area (Å²) >= 11 is 0. The Kier molecular flexibility index (Phi) is 7.43. The minimum absolute atomic E-state index is 0.0233. The molecule has 0 aliphatic carbocycles. The number of aromatic carboxylic acids is 1. The lowest BCUT2D eigenvalue weighted by Crippen LogP contribution is -2.27. The molecule has 0 saturated heterocycles. The first kappa shape index (κ1) is 17.1. The van der Waals surface area contributed by atoms with Crippen LogP contribution in [0.5, 0.6) is 0 Å². The third kappa shape index (κ3) is 6.38. The van der Waals surface area contributed by atoms with E-state index in [1.165, 1.54) is 31.2 Å². The van der Waals surface area contributed by atoms with Crippen molar-refractivity contribution in [2.45, 2.75) is 46.0 Å². The number of nitrogens with one attached hydrogen (secondary N) is 1. The van der Waals surface area contributed by atoms with E-state index in [4.69, 9.17) is 5.11 Å². The predicted molar refractivity (Wildman–Crippen MR) is 81.5 cm³/mol. The van der Waals surface area contributed by atoms with Crippen molar-refractivity contribution in [2.75, 3.05) is 6.54 Å². The van der Waals surface area contributed by atoms with Gasteiger partial charge in [0, 0.05) is 12.7 Å². The Morgan fingerprint density at radius 1 is 1.24 bits per heavy atom. The topological polar surface area (TPSA) is 79.3 Å². The maximum Gasteiger partial charge on any atom is 0.338 e. The van der Waals surface area contributed by atoms with E-state index in [1.807, 2.05) is 0 Å². The summed E-state index contributed by atoms with van der Waals surface area (Å²) in [7, 11) is 0. The lowest BCUT2D eigenvalue weighted by molar-refractivity contribution is 0.0690. The summed E-state index contributed by atoms with van der Waals surface area (Å²) < 4.78 is 0. The molecule has 1 aromatic heterocycles. The number of aromatic nitrogens is 1. The summed E-state index contributed by atoms with van der Waals surface area (Å²) in [5, 5.41) is 11.7. The molecule has 0 aliphatic rings. The predicted octanol–water partition coefficient (Wildman–Crippen LogP) is 3.12. The molecule has 5 nitrogen and oxygen atoms in total. The van der Waals surface area contributed by atoms with E-state index in [1.54, 1.807) is 0 Å². The second kappa shape index (κ2) is 9.10. The SMILES string of the molecule is CC(C)CCCCCCNC(=O)c1ncccc1C(=O)O. The number of pyridine rings is 1. The molecular weight excluding hydrogens is 268 g/mol. The molecule has 0 aliphatic heterocycles. The number of hydrogen-bond donors (Lipinski definition) is 2. The summed E-state index contributed by atoms with van der Waals surface area (Å²) in [4.78, 5) is 26.8. The number of amides is 1. The Labute approximate surface area is 125 Å². The lowest BCUT2D eigenvalue weighted by atomic mass is 10.0. The van der Waals surface area contributed by atoms with Crippen molar-refractivity contribution < 1.29 is 14.7 Å². The van der Waals surface area contributed by atoms with Gasteiger partial charge >= 0.3 is 5.97 Å². The van der Waals surface area contributed by atoms with Crippen LogP contribution in [0.3, 0.4) is 0 Å². The molecule has 0 bridgehead atoms. The summed E-state index contributed by atoms with van der Waals surface area (Å²) in [6.07, 6.45) is 7.02.